The predicted molar refractivity (Wildman–Crippen MR) is 243 cm³/mol. The maximum Gasteiger partial charge on any atom is 0.238 e. The summed E-state index contributed by atoms with van der Waals surface area (Å²) >= 11 is 1.85. The maximum absolute atomic E-state index is 5.31. The zero-order valence-electron chi connectivity index (χ0n) is 31.2. The van der Waals surface area contributed by atoms with E-state index in [2.05, 4.69) is 187 Å². The molecule has 0 aliphatic heterocycles. The van der Waals surface area contributed by atoms with Gasteiger partial charge in [0, 0.05) is 42.1 Å². The third kappa shape index (κ3) is 5.32. The Morgan fingerprint density at radius 1 is 0.328 bits per heavy atom. The minimum atomic E-state index is 0.584. The van der Waals surface area contributed by atoms with Crippen molar-refractivity contribution in [1.82, 2.24) is 19.5 Å². The molecule has 0 aliphatic rings. The van der Waals surface area contributed by atoms with Crippen molar-refractivity contribution in [3.8, 4) is 62.1 Å². The summed E-state index contributed by atoms with van der Waals surface area (Å²) in [5, 5.41) is 7.38. The molecule has 0 radical (unpaired) electrons. The zero-order valence-corrected chi connectivity index (χ0v) is 32.0. The first kappa shape index (κ1) is 32.7. The lowest BCUT2D eigenvalue weighted by Gasteiger charge is -2.12. The second kappa shape index (κ2) is 13.1. The molecule has 0 aliphatic carbocycles. The van der Waals surface area contributed by atoms with E-state index in [1.807, 2.05) is 23.5 Å². The first-order valence-electron chi connectivity index (χ1n) is 19.5. The van der Waals surface area contributed by atoms with Crippen LogP contribution in [0, 0.1) is 0 Å². The van der Waals surface area contributed by atoms with Crippen LogP contribution in [-0.2, 0) is 0 Å². The Balaban J connectivity index is 1.08. The highest BCUT2D eigenvalue weighted by Crippen LogP contribution is 2.43. The highest BCUT2D eigenvalue weighted by atomic mass is 32.1. The van der Waals surface area contributed by atoms with E-state index >= 15 is 0 Å². The van der Waals surface area contributed by atoms with Crippen molar-refractivity contribution in [3.63, 3.8) is 0 Å². The van der Waals surface area contributed by atoms with Gasteiger partial charge in [-0.15, -0.1) is 11.3 Å². The molecule has 0 atom stereocenters. The molecular formula is C53H32N4S. The van der Waals surface area contributed by atoms with Crippen molar-refractivity contribution in [1.29, 1.82) is 0 Å². The second-order valence-corrected chi connectivity index (χ2v) is 15.9. The molecule has 270 valence electrons. The fourth-order valence-electron chi connectivity index (χ4n) is 8.59. The quantitative estimate of drug-likeness (QED) is 0.159. The Labute approximate surface area is 338 Å². The summed E-state index contributed by atoms with van der Waals surface area (Å²) in [5.41, 5.74) is 10.9. The Morgan fingerprint density at radius 2 is 0.879 bits per heavy atom. The summed E-state index contributed by atoms with van der Waals surface area (Å²) in [6.07, 6.45) is 0. The average Bonchev–Trinajstić information content (AvgIpc) is 3.85. The number of aromatic nitrogens is 4. The normalized spacial score (nSPS) is 11.8. The SMILES string of the molecule is c1ccc(-c2ccc(-c3nc(-c4ccc(-c5ccccc5)cc4)nc(-n4c5cccc6ccc7cc(-c8ccc9sc%10ccccc%10c9c8)cc4c7c65)n3)cc2)cc1. The lowest BCUT2D eigenvalue weighted by atomic mass is 9.96. The van der Waals surface area contributed by atoms with Crippen LogP contribution >= 0.6 is 11.3 Å². The van der Waals surface area contributed by atoms with E-state index in [4.69, 9.17) is 15.0 Å². The third-order valence-electron chi connectivity index (χ3n) is 11.4. The Morgan fingerprint density at radius 3 is 1.57 bits per heavy atom. The molecule has 0 N–H and O–H groups in total. The van der Waals surface area contributed by atoms with E-state index in [-0.39, 0.29) is 0 Å². The number of rotatable bonds is 6. The number of nitrogens with zero attached hydrogens (tertiary/aromatic N) is 4. The topological polar surface area (TPSA) is 43.6 Å². The first-order valence-corrected chi connectivity index (χ1v) is 20.3. The molecule has 0 spiro atoms. The molecule has 0 fully saturated rings. The van der Waals surface area contributed by atoms with Crippen LogP contribution in [0.3, 0.4) is 0 Å². The molecule has 9 aromatic carbocycles. The zero-order chi connectivity index (χ0) is 38.2. The summed E-state index contributed by atoms with van der Waals surface area (Å²) in [6, 6.07) is 69.2. The monoisotopic (exact) mass is 756 g/mol. The number of thiophene rings is 1. The number of hydrogen-bond donors (Lipinski definition) is 0. The third-order valence-corrected chi connectivity index (χ3v) is 12.6. The molecule has 5 heteroatoms. The van der Waals surface area contributed by atoms with Crippen LogP contribution in [0.5, 0.6) is 0 Å². The number of hydrogen-bond acceptors (Lipinski definition) is 4. The van der Waals surface area contributed by atoms with Crippen molar-refractivity contribution in [2.45, 2.75) is 0 Å². The van der Waals surface area contributed by atoms with Crippen LogP contribution in [0.15, 0.2) is 194 Å². The standard InChI is InChI=1S/C53H32N4S/c1-3-10-33(11-4-1)35-18-23-38(24-19-35)51-54-52(39-25-20-36(21-26-39)34-12-5-2-6-13-34)56-53(55-51)57-45-16-9-14-37-22-27-41-30-42(32-46(57)50(41)49(37)45)40-28-29-48-44(31-40)43-15-7-8-17-47(43)58-48/h1-32H. The highest BCUT2D eigenvalue weighted by Gasteiger charge is 2.22. The van der Waals surface area contributed by atoms with Gasteiger partial charge in [0.25, 0.3) is 0 Å². The molecule has 0 unspecified atom stereocenters. The first-order chi connectivity index (χ1) is 28.7. The summed E-state index contributed by atoms with van der Waals surface area (Å²) < 4.78 is 4.85. The van der Waals surface area contributed by atoms with Gasteiger partial charge < -0.3 is 0 Å². The molecule has 3 aromatic heterocycles. The minimum absolute atomic E-state index is 0.584. The largest absolute Gasteiger partial charge is 0.278 e. The van der Waals surface area contributed by atoms with Gasteiger partial charge in [0.15, 0.2) is 11.6 Å². The summed E-state index contributed by atoms with van der Waals surface area (Å²) in [6.45, 7) is 0. The summed E-state index contributed by atoms with van der Waals surface area (Å²) in [7, 11) is 0. The molecule has 0 saturated heterocycles. The Kier molecular flexibility index (Phi) is 7.37. The van der Waals surface area contributed by atoms with Crippen LogP contribution < -0.4 is 0 Å². The second-order valence-electron chi connectivity index (χ2n) is 14.8. The summed E-state index contributed by atoms with van der Waals surface area (Å²) in [5.74, 6) is 1.83. The van der Waals surface area contributed by atoms with E-state index in [9.17, 15) is 0 Å². The molecule has 4 nitrogen and oxygen atoms in total. The number of benzene rings is 9. The molecule has 12 aromatic rings. The fraction of sp³-hybridized carbons (Fsp3) is 0. The van der Waals surface area contributed by atoms with E-state index in [1.54, 1.807) is 0 Å². The van der Waals surface area contributed by atoms with Crippen LogP contribution in [0.2, 0.25) is 0 Å². The smallest absolute Gasteiger partial charge is 0.238 e. The highest BCUT2D eigenvalue weighted by molar-refractivity contribution is 7.25. The van der Waals surface area contributed by atoms with Gasteiger partial charge >= 0.3 is 0 Å². The molecule has 12 rings (SSSR count). The van der Waals surface area contributed by atoms with Gasteiger partial charge in [-0.2, -0.15) is 9.97 Å². The maximum atomic E-state index is 5.31. The van der Waals surface area contributed by atoms with Gasteiger partial charge in [-0.05, 0) is 80.6 Å². The van der Waals surface area contributed by atoms with Gasteiger partial charge in [0.05, 0.1) is 11.0 Å². The molecular weight excluding hydrogens is 725 g/mol. The van der Waals surface area contributed by atoms with Gasteiger partial charge in [0.1, 0.15) is 0 Å². The fourth-order valence-corrected chi connectivity index (χ4v) is 9.68. The van der Waals surface area contributed by atoms with Crippen molar-refractivity contribution in [2.24, 2.45) is 0 Å². The van der Waals surface area contributed by atoms with E-state index in [1.165, 1.54) is 58.4 Å². The lowest BCUT2D eigenvalue weighted by Crippen LogP contribution is -2.06. The molecule has 3 heterocycles. The Hall–Kier alpha value is -7.47. The van der Waals surface area contributed by atoms with E-state index in [0.29, 0.717) is 17.6 Å². The minimum Gasteiger partial charge on any atom is -0.278 e. The van der Waals surface area contributed by atoms with Gasteiger partial charge in [0.2, 0.25) is 5.95 Å². The van der Waals surface area contributed by atoms with Gasteiger partial charge in [-0.1, -0.05) is 158 Å². The van der Waals surface area contributed by atoms with Crippen molar-refractivity contribution in [3.05, 3.63) is 194 Å². The lowest BCUT2D eigenvalue weighted by molar-refractivity contribution is 0.954. The number of fused-ring (bicyclic) bond motifs is 3. The van der Waals surface area contributed by atoms with Crippen molar-refractivity contribution >= 4 is 64.1 Å². The Bertz CT molecular complexity index is 3380. The van der Waals surface area contributed by atoms with E-state index in [0.717, 1.165) is 38.9 Å². The van der Waals surface area contributed by atoms with E-state index < -0.39 is 0 Å². The molecule has 0 saturated carbocycles. The van der Waals surface area contributed by atoms with Gasteiger partial charge in [-0.25, -0.2) is 4.98 Å². The predicted octanol–water partition coefficient (Wildman–Crippen LogP) is 14.3. The molecule has 0 bridgehead atoms. The van der Waals surface area contributed by atoms with Crippen LogP contribution in [-0.4, -0.2) is 19.5 Å². The van der Waals surface area contributed by atoms with Gasteiger partial charge in [-0.3, -0.25) is 4.57 Å². The van der Waals surface area contributed by atoms with Crippen LogP contribution in [0.25, 0.3) is 115 Å². The van der Waals surface area contributed by atoms with Crippen LogP contribution in [0.1, 0.15) is 0 Å². The summed E-state index contributed by atoms with van der Waals surface area (Å²) in [4.78, 5) is 15.8. The average molecular weight is 757 g/mol. The molecule has 58 heavy (non-hydrogen) atoms. The molecule has 0 amide bonds. The van der Waals surface area contributed by atoms with Crippen molar-refractivity contribution in [2.75, 3.05) is 0 Å². The van der Waals surface area contributed by atoms with Crippen LogP contribution in [0.4, 0.5) is 0 Å². The van der Waals surface area contributed by atoms with Crippen molar-refractivity contribution < 1.29 is 0 Å².